The predicted molar refractivity (Wildman–Crippen MR) is 131 cm³/mol. The van der Waals surface area contributed by atoms with Gasteiger partial charge in [-0.15, -0.1) is 0 Å². The number of amides is 1. The fourth-order valence-electron chi connectivity index (χ4n) is 4.01. The van der Waals surface area contributed by atoms with Crippen molar-refractivity contribution in [1.29, 1.82) is 0 Å². The van der Waals surface area contributed by atoms with E-state index in [0.717, 1.165) is 17.0 Å². The molecule has 208 valence electrons. The minimum absolute atomic E-state index is 0.00580. The lowest BCUT2D eigenvalue weighted by atomic mass is 10.2. The van der Waals surface area contributed by atoms with Crippen LogP contribution in [0, 0.1) is 6.92 Å². The molecule has 40 heavy (non-hydrogen) atoms. The van der Waals surface area contributed by atoms with Crippen molar-refractivity contribution in [2.75, 3.05) is 22.2 Å². The number of hydrogen-bond donors (Lipinski definition) is 2. The molecule has 1 amide bonds. The summed E-state index contributed by atoms with van der Waals surface area (Å²) in [7, 11) is 1.48. The van der Waals surface area contributed by atoms with Gasteiger partial charge in [0.05, 0.1) is 24.8 Å². The summed E-state index contributed by atoms with van der Waals surface area (Å²) in [5, 5.41) is 9.21. The maximum absolute atomic E-state index is 13.4. The Bertz CT molecular complexity index is 1710. The molecule has 5 heterocycles. The maximum atomic E-state index is 13.4. The van der Waals surface area contributed by atoms with E-state index in [1.165, 1.54) is 28.9 Å². The van der Waals surface area contributed by atoms with Crippen LogP contribution in [0.5, 0.6) is 0 Å². The first kappa shape index (κ1) is 26.4. The van der Waals surface area contributed by atoms with Crippen LogP contribution in [0.1, 0.15) is 24.5 Å². The van der Waals surface area contributed by atoms with Crippen LogP contribution in [0.25, 0.3) is 11.3 Å². The van der Waals surface area contributed by atoms with Gasteiger partial charge in [-0.1, -0.05) is 5.16 Å². The van der Waals surface area contributed by atoms with E-state index in [1.807, 2.05) is 0 Å². The van der Waals surface area contributed by atoms with Gasteiger partial charge >= 0.3 is 11.9 Å². The quantitative estimate of drug-likeness (QED) is 0.339. The molecule has 5 rings (SSSR count). The summed E-state index contributed by atoms with van der Waals surface area (Å²) in [6.07, 6.45) is -0.268. The van der Waals surface area contributed by atoms with Crippen LogP contribution in [0.4, 0.5) is 30.5 Å². The molecule has 0 spiro atoms. The van der Waals surface area contributed by atoms with Gasteiger partial charge in [0.25, 0.3) is 5.56 Å². The second-order valence-corrected chi connectivity index (χ2v) is 8.72. The van der Waals surface area contributed by atoms with Crippen LogP contribution in [-0.2, 0) is 24.6 Å². The first-order valence-electron chi connectivity index (χ1n) is 11.6. The highest BCUT2D eigenvalue weighted by molar-refractivity contribution is 5.97. The molecule has 0 saturated carbocycles. The highest BCUT2D eigenvalue weighted by Gasteiger charge is 2.35. The standard InChI is InChI=1S/C22H20F3N11O4/c1-10(18(37)32-14-7-26-6-13(31-14)12-4-27-20(28-5-12)22(23,24)25)36-9-29-17-16(36)19(38)35(21(39)34(17)3)8-15-30-11(2)33-40-15/h4-7,10,29H,8-9H2,1-3H3,(H,31,32,37)/t10-/m0/s1. The van der Waals surface area contributed by atoms with Crippen molar-refractivity contribution < 1.29 is 22.5 Å². The predicted octanol–water partition coefficient (Wildman–Crippen LogP) is 0.769. The van der Waals surface area contributed by atoms with Crippen LogP contribution < -0.4 is 26.8 Å². The van der Waals surface area contributed by atoms with E-state index in [0.29, 0.717) is 5.82 Å². The van der Waals surface area contributed by atoms with Crippen molar-refractivity contribution in [3.05, 3.63) is 63.2 Å². The zero-order chi connectivity index (χ0) is 28.8. The molecule has 1 aliphatic rings. The van der Waals surface area contributed by atoms with E-state index in [4.69, 9.17) is 4.52 Å². The highest BCUT2D eigenvalue weighted by atomic mass is 19.4. The maximum Gasteiger partial charge on any atom is 0.451 e. The monoisotopic (exact) mass is 559 g/mol. The van der Waals surface area contributed by atoms with Gasteiger partial charge in [-0.05, 0) is 13.8 Å². The van der Waals surface area contributed by atoms with Crippen LogP contribution in [0.3, 0.4) is 0 Å². The van der Waals surface area contributed by atoms with Gasteiger partial charge in [0.15, 0.2) is 11.6 Å². The molecule has 0 saturated heterocycles. The van der Waals surface area contributed by atoms with Gasteiger partial charge in [0, 0.05) is 25.0 Å². The summed E-state index contributed by atoms with van der Waals surface area (Å²) in [6.45, 7) is 2.93. The number of fused-ring (bicyclic) bond motifs is 1. The lowest BCUT2D eigenvalue weighted by molar-refractivity contribution is -0.145. The summed E-state index contributed by atoms with van der Waals surface area (Å²) >= 11 is 0. The lowest BCUT2D eigenvalue weighted by Crippen LogP contribution is -2.46. The molecule has 4 aromatic rings. The van der Waals surface area contributed by atoms with Gasteiger partial charge in [0.2, 0.25) is 17.6 Å². The summed E-state index contributed by atoms with van der Waals surface area (Å²) < 4.78 is 45.5. The van der Waals surface area contributed by atoms with E-state index < -0.39 is 35.2 Å². The first-order valence-corrected chi connectivity index (χ1v) is 11.6. The zero-order valence-corrected chi connectivity index (χ0v) is 21.1. The first-order chi connectivity index (χ1) is 18.9. The lowest BCUT2D eigenvalue weighted by Gasteiger charge is -2.24. The molecule has 0 aromatic carbocycles. The van der Waals surface area contributed by atoms with Gasteiger partial charge in [-0.25, -0.2) is 24.3 Å². The number of carbonyl (C=O) groups is 1. The second kappa shape index (κ2) is 9.86. The molecule has 0 radical (unpaired) electrons. The molecule has 0 fully saturated rings. The minimum Gasteiger partial charge on any atom is -0.352 e. The molecule has 0 unspecified atom stereocenters. The Kier molecular flexibility index (Phi) is 6.52. The molecule has 4 aromatic heterocycles. The van der Waals surface area contributed by atoms with E-state index in [9.17, 15) is 27.6 Å². The average molecular weight is 559 g/mol. The van der Waals surface area contributed by atoms with Crippen molar-refractivity contribution in [3.8, 4) is 11.3 Å². The fourth-order valence-corrected chi connectivity index (χ4v) is 4.01. The summed E-state index contributed by atoms with van der Waals surface area (Å²) in [4.78, 5) is 59.7. The van der Waals surface area contributed by atoms with Crippen LogP contribution >= 0.6 is 0 Å². The molecule has 1 aliphatic heterocycles. The second-order valence-electron chi connectivity index (χ2n) is 8.72. The Morgan fingerprint density at radius 3 is 2.55 bits per heavy atom. The van der Waals surface area contributed by atoms with Crippen molar-refractivity contribution in [2.24, 2.45) is 7.05 Å². The zero-order valence-electron chi connectivity index (χ0n) is 21.1. The van der Waals surface area contributed by atoms with E-state index >= 15 is 0 Å². The van der Waals surface area contributed by atoms with E-state index in [1.54, 1.807) is 13.8 Å². The molecule has 2 N–H and O–H groups in total. The molecule has 0 aliphatic carbocycles. The van der Waals surface area contributed by atoms with Gasteiger partial charge in [-0.3, -0.25) is 19.1 Å². The third-order valence-corrected chi connectivity index (χ3v) is 6.03. The van der Waals surface area contributed by atoms with Crippen molar-refractivity contribution >= 4 is 23.2 Å². The van der Waals surface area contributed by atoms with E-state index in [-0.39, 0.29) is 47.7 Å². The number of aromatic nitrogens is 8. The molecule has 18 heteroatoms. The molecular weight excluding hydrogens is 539 g/mol. The minimum atomic E-state index is -4.69. The fraction of sp³-hybridized carbons (Fsp3) is 0.318. The topological polar surface area (TPSA) is 179 Å². The van der Waals surface area contributed by atoms with Gasteiger partial charge in [0.1, 0.15) is 24.1 Å². The number of rotatable bonds is 6. The van der Waals surface area contributed by atoms with Gasteiger partial charge < -0.3 is 20.1 Å². The number of nitrogens with zero attached hydrogens (tertiary/aromatic N) is 9. The van der Waals surface area contributed by atoms with Crippen molar-refractivity contribution in [3.63, 3.8) is 0 Å². The Morgan fingerprint density at radius 1 is 1.18 bits per heavy atom. The Hall–Kier alpha value is -5.16. The molecule has 15 nitrogen and oxygen atoms in total. The third-order valence-electron chi connectivity index (χ3n) is 6.03. The van der Waals surface area contributed by atoms with Crippen LogP contribution in [0.15, 0.2) is 38.9 Å². The van der Waals surface area contributed by atoms with Gasteiger partial charge in [-0.2, -0.15) is 18.2 Å². The third kappa shape index (κ3) is 4.85. The van der Waals surface area contributed by atoms with E-state index in [2.05, 4.69) is 40.7 Å². The SMILES string of the molecule is Cc1noc(Cn2c(=O)c3c(n(C)c2=O)NCN3[C@@H](C)C(=O)Nc2cncc(-c3cnc(C(F)(F)F)nc3)n2)n1. The molecular formula is C22H20F3N11O4. The number of hydrogen-bond acceptors (Lipinski definition) is 12. The summed E-state index contributed by atoms with van der Waals surface area (Å²) in [5.41, 5.74) is -0.919. The summed E-state index contributed by atoms with van der Waals surface area (Å²) in [5.74, 6) is -1.23. The highest BCUT2D eigenvalue weighted by Crippen LogP contribution is 2.29. The average Bonchev–Trinajstić information content (AvgIpc) is 3.55. The smallest absolute Gasteiger partial charge is 0.352 e. The largest absolute Gasteiger partial charge is 0.451 e. The number of anilines is 3. The van der Waals surface area contributed by atoms with Crippen LogP contribution in [-0.4, -0.2) is 57.8 Å². The number of alkyl halides is 3. The number of nitrogens with one attached hydrogen (secondary N) is 2. The summed E-state index contributed by atoms with van der Waals surface area (Å²) in [6, 6.07) is -0.932. The normalized spacial score (nSPS) is 13.6. The Balaban J connectivity index is 1.38. The molecule has 1 atom stereocenters. The number of carbonyl (C=O) groups excluding carboxylic acids is 1. The van der Waals surface area contributed by atoms with Crippen molar-refractivity contribution in [2.45, 2.75) is 32.6 Å². The van der Waals surface area contributed by atoms with Crippen LogP contribution in [0.2, 0.25) is 0 Å². The Morgan fingerprint density at radius 2 is 1.90 bits per heavy atom. The Labute approximate surface area is 221 Å². The number of halogens is 3. The number of aryl methyl sites for hydroxylation is 1. The molecule has 0 bridgehead atoms. The van der Waals surface area contributed by atoms with Crippen molar-refractivity contribution in [1.82, 2.24) is 39.2 Å².